The van der Waals surface area contributed by atoms with Crippen LogP contribution in [0.15, 0.2) is 0 Å². The van der Waals surface area contributed by atoms with Crippen molar-refractivity contribution in [2.75, 3.05) is 0 Å². The van der Waals surface area contributed by atoms with E-state index >= 15 is 0 Å². The zero-order chi connectivity index (χ0) is 9.31. The van der Waals surface area contributed by atoms with Crippen LogP contribution in [0.4, 0.5) is 0 Å². The molecule has 0 radical (unpaired) electrons. The summed E-state index contributed by atoms with van der Waals surface area (Å²) in [5, 5.41) is 12.6. The quantitative estimate of drug-likeness (QED) is 0.703. The zero-order valence-electron chi connectivity index (χ0n) is 8.34. The summed E-state index contributed by atoms with van der Waals surface area (Å²) < 4.78 is 0. The second-order valence-corrected chi connectivity index (χ2v) is 4.83. The van der Waals surface area contributed by atoms with Gasteiger partial charge in [0.1, 0.15) is 0 Å². The van der Waals surface area contributed by atoms with Crippen molar-refractivity contribution in [3.63, 3.8) is 0 Å². The minimum atomic E-state index is 0.270. The molecule has 2 unspecified atom stereocenters. The first-order chi connectivity index (χ1) is 6.23. The lowest BCUT2D eigenvalue weighted by molar-refractivity contribution is 0.284. The predicted molar refractivity (Wildman–Crippen MR) is 52.1 cm³/mol. The number of nitrogens with zero attached hydrogens (tertiary/aromatic N) is 1. The average molecular weight is 178 g/mol. The molecular formula is C11H18N2. The summed E-state index contributed by atoms with van der Waals surface area (Å²) in [6.45, 7) is 2.27. The van der Waals surface area contributed by atoms with E-state index in [-0.39, 0.29) is 5.92 Å². The van der Waals surface area contributed by atoms with E-state index in [1.165, 1.54) is 32.1 Å². The lowest BCUT2D eigenvalue weighted by Gasteiger charge is -2.30. The summed E-state index contributed by atoms with van der Waals surface area (Å²) >= 11 is 0. The molecule has 0 spiro atoms. The predicted octanol–water partition coefficient (Wildman–Crippen LogP) is 2.21. The van der Waals surface area contributed by atoms with Gasteiger partial charge in [0.25, 0.3) is 0 Å². The van der Waals surface area contributed by atoms with E-state index in [2.05, 4.69) is 18.3 Å². The van der Waals surface area contributed by atoms with Crippen molar-refractivity contribution >= 4 is 0 Å². The third-order valence-corrected chi connectivity index (χ3v) is 3.47. The van der Waals surface area contributed by atoms with Crippen LogP contribution >= 0.6 is 0 Å². The Morgan fingerprint density at radius 2 is 2.00 bits per heavy atom. The molecule has 0 aromatic rings. The fourth-order valence-electron chi connectivity index (χ4n) is 2.24. The molecule has 2 aliphatic carbocycles. The summed E-state index contributed by atoms with van der Waals surface area (Å²) in [5.41, 5.74) is 0.386. The van der Waals surface area contributed by atoms with Crippen LogP contribution in [-0.4, -0.2) is 11.6 Å². The van der Waals surface area contributed by atoms with Crippen LogP contribution in [0, 0.1) is 17.2 Å². The van der Waals surface area contributed by atoms with Crippen molar-refractivity contribution < 1.29 is 0 Å². The molecule has 2 nitrogen and oxygen atoms in total. The molecule has 2 saturated carbocycles. The van der Waals surface area contributed by atoms with Crippen molar-refractivity contribution in [2.24, 2.45) is 5.92 Å². The highest BCUT2D eigenvalue weighted by Crippen LogP contribution is 2.37. The van der Waals surface area contributed by atoms with Crippen LogP contribution in [0.1, 0.15) is 45.4 Å². The number of rotatable bonds is 2. The second-order valence-electron chi connectivity index (χ2n) is 4.83. The zero-order valence-corrected chi connectivity index (χ0v) is 8.34. The van der Waals surface area contributed by atoms with Gasteiger partial charge in [0.15, 0.2) is 0 Å². The van der Waals surface area contributed by atoms with Crippen molar-refractivity contribution in [3.05, 3.63) is 0 Å². The topological polar surface area (TPSA) is 35.8 Å². The number of hydrogen-bond donors (Lipinski definition) is 1. The lowest BCUT2D eigenvalue weighted by Crippen LogP contribution is -2.44. The van der Waals surface area contributed by atoms with Gasteiger partial charge in [0.2, 0.25) is 0 Å². The monoisotopic (exact) mass is 178 g/mol. The Bertz CT molecular complexity index is 225. The van der Waals surface area contributed by atoms with Crippen molar-refractivity contribution in [1.82, 2.24) is 5.32 Å². The van der Waals surface area contributed by atoms with Gasteiger partial charge in [-0.25, -0.2) is 0 Å². The Hall–Kier alpha value is -0.550. The maximum Gasteiger partial charge on any atom is 0.0672 e. The fraction of sp³-hybridized carbons (Fsp3) is 0.909. The van der Waals surface area contributed by atoms with Gasteiger partial charge in [-0.3, -0.25) is 0 Å². The van der Waals surface area contributed by atoms with Crippen molar-refractivity contribution in [3.8, 4) is 6.07 Å². The molecular weight excluding hydrogens is 160 g/mol. The Kier molecular flexibility index (Phi) is 2.29. The van der Waals surface area contributed by atoms with E-state index in [1.807, 2.05) is 0 Å². The largest absolute Gasteiger partial charge is 0.307 e. The highest BCUT2D eigenvalue weighted by molar-refractivity contribution is 5.04. The molecule has 0 aromatic heterocycles. The van der Waals surface area contributed by atoms with Crippen LogP contribution in [0.2, 0.25) is 0 Å². The molecule has 2 fully saturated rings. The van der Waals surface area contributed by atoms with E-state index in [9.17, 15) is 0 Å². The Morgan fingerprint density at radius 1 is 1.31 bits per heavy atom. The first-order valence-electron chi connectivity index (χ1n) is 5.41. The summed E-state index contributed by atoms with van der Waals surface area (Å²) in [5.74, 6) is 0.270. The van der Waals surface area contributed by atoms with Gasteiger partial charge >= 0.3 is 0 Å². The molecule has 0 heterocycles. The van der Waals surface area contributed by atoms with E-state index in [0.29, 0.717) is 11.6 Å². The second kappa shape index (κ2) is 3.31. The fourth-order valence-corrected chi connectivity index (χ4v) is 2.24. The van der Waals surface area contributed by atoms with Gasteiger partial charge in [-0.2, -0.15) is 5.26 Å². The molecule has 0 aliphatic heterocycles. The maximum atomic E-state index is 8.99. The van der Waals surface area contributed by atoms with E-state index in [1.54, 1.807) is 0 Å². The Morgan fingerprint density at radius 3 is 2.62 bits per heavy atom. The average Bonchev–Trinajstić information content (AvgIpc) is 2.84. The van der Waals surface area contributed by atoms with Crippen molar-refractivity contribution in [2.45, 2.75) is 57.0 Å². The molecule has 0 aromatic carbocycles. The van der Waals surface area contributed by atoms with Gasteiger partial charge in [0.05, 0.1) is 12.0 Å². The van der Waals surface area contributed by atoms with Gasteiger partial charge in [-0.05, 0) is 32.6 Å². The first kappa shape index (κ1) is 9.02. The molecule has 2 aliphatic rings. The lowest BCUT2D eigenvalue weighted by atomic mass is 9.85. The van der Waals surface area contributed by atoms with E-state index < -0.39 is 0 Å². The van der Waals surface area contributed by atoms with Gasteiger partial charge in [-0.1, -0.05) is 12.8 Å². The van der Waals surface area contributed by atoms with Crippen LogP contribution in [0.25, 0.3) is 0 Å². The minimum absolute atomic E-state index is 0.270. The highest BCUT2D eigenvalue weighted by Gasteiger charge is 2.40. The highest BCUT2D eigenvalue weighted by atomic mass is 15.0. The summed E-state index contributed by atoms with van der Waals surface area (Å²) in [6.07, 6.45) is 7.43. The molecule has 2 rings (SSSR count). The van der Waals surface area contributed by atoms with Gasteiger partial charge in [-0.15, -0.1) is 0 Å². The normalized spacial score (nSPS) is 36.6. The summed E-state index contributed by atoms with van der Waals surface area (Å²) in [4.78, 5) is 0. The van der Waals surface area contributed by atoms with E-state index in [0.717, 1.165) is 6.42 Å². The number of hydrogen-bond acceptors (Lipinski definition) is 2. The maximum absolute atomic E-state index is 8.99. The summed E-state index contributed by atoms with van der Waals surface area (Å²) in [6, 6.07) is 2.92. The first-order valence-corrected chi connectivity index (χ1v) is 5.41. The van der Waals surface area contributed by atoms with Crippen LogP contribution < -0.4 is 5.32 Å². The van der Waals surface area contributed by atoms with Crippen molar-refractivity contribution in [1.29, 1.82) is 5.26 Å². The molecule has 2 atom stereocenters. The van der Waals surface area contributed by atoms with Gasteiger partial charge in [0, 0.05) is 11.6 Å². The number of nitrogens with one attached hydrogen (secondary N) is 1. The molecule has 0 bridgehead atoms. The standard InChI is InChI=1S/C11H18N2/c1-11(6-7-11)13-10-5-3-2-4-9(10)8-12/h9-10,13H,2-7H2,1H3. The minimum Gasteiger partial charge on any atom is -0.307 e. The number of nitriles is 1. The Balaban J connectivity index is 1.91. The molecule has 13 heavy (non-hydrogen) atoms. The molecule has 2 heteroatoms. The van der Waals surface area contributed by atoms with Gasteiger partial charge < -0.3 is 5.32 Å². The third-order valence-electron chi connectivity index (χ3n) is 3.47. The molecule has 72 valence electrons. The SMILES string of the molecule is CC1(NC2CCCCC2C#N)CC1. The Labute approximate surface area is 80.3 Å². The van der Waals surface area contributed by atoms with Crippen LogP contribution in [0.5, 0.6) is 0 Å². The smallest absolute Gasteiger partial charge is 0.0672 e. The molecule has 0 saturated heterocycles. The third kappa shape index (κ3) is 2.03. The van der Waals surface area contributed by atoms with Crippen LogP contribution in [0.3, 0.4) is 0 Å². The molecule has 0 amide bonds. The van der Waals surface area contributed by atoms with Crippen LogP contribution in [-0.2, 0) is 0 Å². The summed E-state index contributed by atoms with van der Waals surface area (Å²) in [7, 11) is 0. The van der Waals surface area contributed by atoms with E-state index in [4.69, 9.17) is 5.26 Å². The molecule has 1 N–H and O–H groups in total.